The zero-order valence-corrected chi connectivity index (χ0v) is 16.0. The van der Waals surface area contributed by atoms with Gasteiger partial charge in [0, 0.05) is 6.07 Å². The first-order chi connectivity index (χ1) is 13.3. The van der Waals surface area contributed by atoms with Crippen molar-refractivity contribution in [2.75, 3.05) is 11.3 Å². The van der Waals surface area contributed by atoms with Crippen molar-refractivity contribution in [2.24, 2.45) is 0 Å². The molecule has 3 rings (SSSR count). The van der Waals surface area contributed by atoms with Crippen molar-refractivity contribution in [3.8, 4) is 5.69 Å². The number of hydrogen-bond donors (Lipinski definition) is 1. The summed E-state index contributed by atoms with van der Waals surface area (Å²) in [6.45, 7) is 3.41. The smallest absolute Gasteiger partial charge is 0.338 e. The number of anilines is 1. The van der Waals surface area contributed by atoms with Gasteiger partial charge in [0.1, 0.15) is 11.6 Å². The van der Waals surface area contributed by atoms with E-state index in [1.807, 2.05) is 6.07 Å². The number of sulfonamides is 1. The molecule has 0 saturated heterocycles. The summed E-state index contributed by atoms with van der Waals surface area (Å²) in [4.78, 5) is 11.5. The molecule has 0 aliphatic carbocycles. The van der Waals surface area contributed by atoms with Crippen LogP contribution in [0.4, 0.5) is 10.2 Å². The number of nitrogens with one attached hydrogen (secondary N) is 1. The number of aryl methyl sites for hydroxylation is 1. The van der Waals surface area contributed by atoms with E-state index in [4.69, 9.17) is 4.74 Å². The molecule has 1 N–H and O–H groups in total. The summed E-state index contributed by atoms with van der Waals surface area (Å²) in [5.74, 6) is -1.48. The first-order valence-corrected chi connectivity index (χ1v) is 9.91. The first kappa shape index (κ1) is 19.6. The number of benzene rings is 2. The van der Waals surface area contributed by atoms with Crippen LogP contribution in [0, 0.1) is 12.7 Å². The Balaban J connectivity index is 1.99. The van der Waals surface area contributed by atoms with Gasteiger partial charge in [-0.15, -0.1) is 0 Å². The molecular formula is C19H18FN3O4S. The molecule has 0 amide bonds. The number of para-hydroxylation sites is 1. The summed E-state index contributed by atoms with van der Waals surface area (Å²) in [5, 5.41) is 4.29. The highest BCUT2D eigenvalue weighted by atomic mass is 32.2. The molecular weight excluding hydrogens is 385 g/mol. The first-order valence-electron chi connectivity index (χ1n) is 8.43. The van der Waals surface area contributed by atoms with E-state index in [0.29, 0.717) is 11.4 Å². The van der Waals surface area contributed by atoms with Crippen molar-refractivity contribution in [3.05, 3.63) is 71.7 Å². The Labute approximate surface area is 161 Å². The van der Waals surface area contributed by atoms with Gasteiger partial charge in [-0.05, 0) is 44.2 Å². The lowest BCUT2D eigenvalue weighted by Crippen LogP contribution is -2.17. The number of esters is 1. The fourth-order valence-electron chi connectivity index (χ4n) is 2.58. The zero-order chi connectivity index (χ0) is 20.3. The maximum absolute atomic E-state index is 13.9. The number of ether oxygens (including phenoxy) is 1. The minimum absolute atomic E-state index is 0.0885. The van der Waals surface area contributed by atoms with Gasteiger partial charge in [0.25, 0.3) is 10.0 Å². The number of rotatable bonds is 6. The summed E-state index contributed by atoms with van der Waals surface area (Å²) < 4.78 is 48.2. The van der Waals surface area contributed by atoms with E-state index in [0.717, 1.165) is 18.2 Å². The van der Waals surface area contributed by atoms with Gasteiger partial charge in [-0.25, -0.2) is 22.3 Å². The second-order valence-corrected chi connectivity index (χ2v) is 7.60. The molecule has 1 aromatic heterocycles. The molecule has 3 aromatic rings. The normalized spacial score (nSPS) is 11.2. The summed E-state index contributed by atoms with van der Waals surface area (Å²) in [5.41, 5.74) is 1.06. The molecule has 2 aromatic carbocycles. The number of aromatic nitrogens is 2. The van der Waals surface area contributed by atoms with Gasteiger partial charge in [0.15, 0.2) is 0 Å². The fraction of sp³-hybridized carbons (Fsp3) is 0.158. The molecule has 7 nitrogen and oxygen atoms in total. The number of halogens is 1. The summed E-state index contributed by atoms with van der Waals surface area (Å²) in [7, 11) is -4.18. The van der Waals surface area contributed by atoms with Crippen LogP contribution in [0.5, 0.6) is 0 Å². The predicted molar refractivity (Wildman–Crippen MR) is 101 cm³/mol. The summed E-state index contributed by atoms with van der Waals surface area (Å²) in [6.07, 6.45) is 0. The van der Waals surface area contributed by atoms with Crippen LogP contribution in [0.3, 0.4) is 0 Å². The Kier molecular flexibility index (Phi) is 5.46. The monoisotopic (exact) mass is 403 g/mol. The molecule has 0 unspecified atom stereocenters. The van der Waals surface area contributed by atoms with Crippen LogP contribution in [0.15, 0.2) is 59.5 Å². The maximum atomic E-state index is 13.9. The second kappa shape index (κ2) is 7.81. The van der Waals surface area contributed by atoms with E-state index < -0.39 is 26.7 Å². The van der Waals surface area contributed by atoms with Crippen molar-refractivity contribution in [2.45, 2.75) is 18.7 Å². The maximum Gasteiger partial charge on any atom is 0.338 e. The summed E-state index contributed by atoms with van der Waals surface area (Å²) >= 11 is 0. The number of carbonyl (C=O) groups is 1. The third-order valence-corrected chi connectivity index (χ3v) is 5.10. The molecule has 0 atom stereocenters. The van der Waals surface area contributed by atoms with Crippen molar-refractivity contribution in [1.82, 2.24) is 9.78 Å². The van der Waals surface area contributed by atoms with Gasteiger partial charge < -0.3 is 4.74 Å². The highest BCUT2D eigenvalue weighted by Gasteiger charge is 2.21. The molecule has 0 radical (unpaired) electrons. The van der Waals surface area contributed by atoms with E-state index >= 15 is 0 Å². The molecule has 1 heterocycles. The van der Waals surface area contributed by atoms with E-state index in [1.165, 1.54) is 4.68 Å². The van der Waals surface area contributed by atoms with E-state index in [9.17, 15) is 17.6 Å². The number of nitrogens with zero attached hydrogens (tertiary/aromatic N) is 2. The van der Waals surface area contributed by atoms with E-state index in [1.54, 1.807) is 44.2 Å². The van der Waals surface area contributed by atoms with E-state index in [2.05, 4.69) is 9.82 Å². The topological polar surface area (TPSA) is 90.3 Å². The molecule has 28 heavy (non-hydrogen) atoms. The molecule has 0 saturated carbocycles. The van der Waals surface area contributed by atoms with Gasteiger partial charge in [0.05, 0.1) is 28.4 Å². The van der Waals surface area contributed by atoms with E-state index in [-0.39, 0.29) is 18.0 Å². The Morgan fingerprint density at radius 3 is 2.57 bits per heavy atom. The lowest BCUT2D eigenvalue weighted by molar-refractivity contribution is 0.0525. The second-order valence-electron chi connectivity index (χ2n) is 5.92. The van der Waals surface area contributed by atoms with Crippen LogP contribution in [0.2, 0.25) is 0 Å². The average Bonchev–Trinajstić information content (AvgIpc) is 3.01. The molecule has 0 aliphatic rings. The summed E-state index contributed by atoms with van der Waals surface area (Å²) in [6, 6.07) is 13.3. The number of carbonyl (C=O) groups excluding carboxylic acids is 1. The van der Waals surface area contributed by atoms with Crippen LogP contribution >= 0.6 is 0 Å². The lowest BCUT2D eigenvalue weighted by atomic mass is 10.2. The molecule has 0 aliphatic heterocycles. The van der Waals surface area contributed by atoms with Crippen molar-refractivity contribution >= 4 is 21.8 Å². The third kappa shape index (κ3) is 4.20. The zero-order valence-electron chi connectivity index (χ0n) is 15.2. The largest absolute Gasteiger partial charge is 0.462 e. The van der Waals surface area contributed by atoms with Gasteiger partial charge in [-0.2, -0.15) is 5.10 Å². The van der Waals surface area contributed by atoms with Crippen molar-refractivity contribution in [3.63, 3.8) is 0 Å². The molecule has 9 heteroatoms. The van der Waals surface area contributed by atoms with Crippen LogP contribution < -0.4 is 4.72 Å². The molecule has 0 bridgehead atoms. The minimum atomic E-state index is -4.18. The Bertz CT molecular complexity index is 1110. The van der Waals surface area contributed by atoms with Crippen molar-refractivity contribution in [1.29, 1.82) is 0 Å². The predicted octanol–water partition coefficient (Wildman–Crippen LogP) is 3.30. The van der Waals surface area contributed by atoms with Crippen LogP contribution in [-0.4, -0.2) is 30.8 Å². The molecule has 0 spiro atoms. The van der Waals surface area contributed by atoms with Crippen molar-refractivity contribution < 1.29 is 22.3 Å². The average molecular weight is 403 g/mol. The Hall–Kier alpha value is -3.20. The van der Waals surface area contributed by atoms with Gasteiger partial charge in [0.2, 0.25) is 0 Å². The SMILES string of the molecule is CCOC(=O)c1cc(F)cc(S(=O)(=O)Nc2cc(C)nn2-c2ccccc2)c1. The van der Waals surface area contributed by atoms with Crippen LogP contribution in [-0.2, 0) is 14.8 Å². The molecule has 146 valence electrons. The standard InChI is InChI=1S/C19H18FN3O4S/c1-3-27-19(24)14-10-15(20)12-17(11-14)28(25,26)22-18-9-13(2)21-23(18)16-7-5-4-6-8-16/h4-12,22H,3H2,1-2H3. The van der Waals surface area contributed by atoms with Crippen LogP contribution in [0.1, 0.15) is 23.0 Å². The minimum Gasteiger partial charge on any atom is -0.462 e. The van der Waals surface area contributed by atoms with Gasteiger partial charge >= 0.3 is 5.97 Å². The van der Waals surface area contributed by atoms with Gasteiger partial charge in [-0.3, -0.25) is 4.72 Å². The van der Waals surface area contributed by atoms with Crippen LogP contribution in [0.25, 0.3) is 5.69 Å². The number of hydrogen-bond acceptors (Lipinski definition) is 5. The fourth-order valence-corrected chi connectivity index (χ4v) is 3.67. The molecule has 0 fully saturated rings. The third-order valence-electron chi connectivity index (χ3n) is 3.76. The Morgan fingerprint density at radius 2 is 1.89 bits per heavy atom. The quantitative estimate of drug-likeness (QED) is 0.638. The lowest BCUT2D eigenvalue weighted by Gasteiger charge is -2.11. The Morgan fingerprint density at radius 1 is 1.18 bits per heavy atom. The van der Waals surface area contributed by atoms with Gasteiger partial charge in [-0.1, -0.05) is 18.2 Å². The highest BCUT2D eigenvalue weighted by molar-refractivity contribution is 7.92. The highest BCUT2D eigenvalue weighted by Crippen LogP contribution is 2.22.